The molecule has 0 spiro atoms. The fraction of sp³-hybridized carbons (Fsp3) is 0.444. The van der Waals surface area contributed by atoms with E-state index in [1.165, 1.54) is 6.42 Å². The highest BCUT2D eigenvalue weighted by molar-refractivity contribution is 5.93. The molecule has 1 aliphatic carbocycles. The monoisotopic (exact) mass is 403 g/mol. The van der Waals surface area contributed by atoms with E-state index in [1.807, 2.05) is 47.4 Å². The lowest BCUT2D eigenvalue weighted by molar-refractivity contribution is -0.187. The van der Waals surface area contributed by atoms with Crippen molar-refractivity contribution in [2.75, 3.05) is 0 Å². The molecule has 1 aliphatic heterocycles. The van der Waals surface area contributed by atoms with Gasteiger partial charge in [0, 0.05) is 6.54 Å². The average molecular weight is 404 g/mol. The SMILES string of the molecule is CC/C=C/[C@]1([C@@H](O)C2CCCCC2)C(=O)N(Cc2ccccc2)[C@@H]1c1ccccc1. The standard InChI is InChI=1S/C27H33NO2/c1-2-3-19-27(25(29)23-17-11-6-12-18-23)24(22-15-9-5-10-16-22)28(26(27)30)20-21-13-7-4-8-14-21/h3-5,7-10,13-16,19,23-25,29H,2,6,11-12,17-18,20H2,1H3/b19-3+/t24-,25+,27+/m1/s1. The summed E-state index contributed by atoms with van der Waals surface area (Å²) in [5, 5.41) is 11.7. The zero-order chi connectivity index (χ0) is 21.0. The quantitative estimate of drug-likeness (QED) is 0.478. The number of rotatable bonds is 7. The van der Waals surface area contributed by atoms with Crippen LogP contribution in [-0.2, 0) is 11.3 Å². The van der Waals surface area contributed by atoms with E-state index >= 15 is 0 Å². The van der Waals surface area contributed by atoms with Crippen LogP contribution in [0.4, 0.5) is 0 Å². The van der Waals surface area contributed by atoms with Crippen LogP contribution >= 0.6 is 0 Å². The fourth-order valence-electron chi connectivity index (χ4n) is 5.41. The largest absolute Gasteiger partial charge is 0.391 e. The number of hydrogen-bond donors (Lipinski definition) is 1. The van der Waals surface area contributed by atoms with E-state index in [9.17, 15) is 9.90 Å². The van der Waals surface area contributed by atoms with Crippen molar-refractivity contribution in [2.24, 2.45) is 11.3 Å². The molecule has 3 heteroatoms. The summed E-state index contributed by atoms with van der Waals surface area (Å²) in [7, 11) is 0. The van der Waals surface area contributed by atoms with Crippen molar-refractivity contribution in [2.45, 2.75) is 64.1 Å². The fourth-order valence-corrected chi connectivity index (χ4v) is 5.41. The molecule has 0 unspecified atom stereocenters. The summed E-state index contributed by atoms with van der Waals surface area (Å²) in [5.41, 5.74) is 1.35. The van der Waals surface area contributed by atoms with Crippen LogP contribution < -0.4 is 0 Å². The number of hydrogen-bond acceptors (Lipinski definition) is 2. The van der Waals surface area contributed by atoms with Crippen LogP contribution in [0.2, 0.25) is 0 Å². The predicted octanol–water partition coefficient (Wildman–Crippen LogP) is 5.66. The second-order valence-corrected chi connectivity index (χ2v) is 8.82. The highest BCUT2D eigenvalue weighted by Gasteiger charge is 2.64. The molecule has 0 aromatic heterocycles. The number of aliphatic hydroxyl groups is 1. The van der Waals surface area contributed by atoms with Gasteiger partial charge in [0.25, 0.3) is 0 Å². The number of aliphatic hydroxyl groups excluding tert-OH is 1. The molecule has 158 valence electrons. The summed E-state index contributed by atoms with van der Waals surface area (Å²) in [5.74, 6) is 0.247. The molecule has 0 bridgehead atoms. The van der Waals surface area contributed by atoms with Crippen LogP contribution in [0, 0.1) is 11.3 Å². The molecule has 0 radical (unpaired) electrons. The number of benzene rings is 2. The number of nitrogens with zero attached hydrogens (tertiary/aromatic N) is 1. The van der Waals surface area contributed by atoms with Crippen molar-refractivity contribution < 1.29 is 9.90 Å². The Hall–Kier alpha value is -2.39. The van der Waals surface area contributed by atoms with Crippen LogP contribution in [0.3, 0.4) is 0 Å². The molecule has 1 amide bonds. The highest BCUT2D eigenvalue weighted by Crippen LogP contribution is 2.56. The molecule has 2 fully saturated rings. The molecule has 2 aromatic carbocycles. The van der Waals surface area contributed by atoms with E-state index in [4.69, 9.17) is 0 Å². The minimum Gasteiger partial charge on any atom is -0.391 e. The van der Waals surface area contributed by atoms with Crippen molar-refractivity contribution in [3.8, 4) is 0 Å². The molecule has 4 rings (SSSR count). The molecular weight excluding hydrogens is 370 g/mol. The van der Waals surface area contributed by atoms with Gasteiger partial charge in [-0.25, -0.2) is 0 Å². The van der Waals surface area contributed by atoms with Crippen LogP contribution in [0.25, 0.3) is 0 Å². The highest BCUT2D eigenvalue weighted by atomic mass is 16.3. The normalized spacial score (nSPS) is 26.0. The lowest BCUT2D eigenvalue weighted by Crippen LogP contribution is -2.68. The summed E-state index contributed by atoms with van der Waals surface area (Å²) in [4.78, 5) is 15.7. The van der Waals surface area contributed by atoms with Crippen molar-refractivity contribution in [3.05, 3.63) is 83.9 Å². The van der Waals surface area contributed by atoms with Crippen LogP contribution in [0.1, 0.15) is 62.6 Å². The topological polar surface area (TPSA) is 40.5 Å². The van der Waals surface area contributed by atoms with Crippen molar-refractivity contribution >= 4 is 5.91 Å². The van der Waals surface area contributed by atoms with Crippen molar-refractivity contribution in [1.82, 2.24) is 4.90 Å². The maximum Gasteiger partial charge on any atom is 0.238 e. The Morgan fingerprint density at radius 3 is 2.30 bits per heavy atom. The number of amides is 1. The number of carbonyl (C=O) groups is 1. The minimum absolute atomic E-state index is 0.0583. The third kappa shape index (κ3) is 3.72. The molecule has 1 saturated carbocycles. The zero-order valence-electron chi connectivity index (χ0n) is 17.9. The summed E-state index contributed by atoms with van der Waals surface area (Å²) in [6.45, 7) is 2.65. The number of allylic oxidation sites excluding steroid dienone is 1. The third-order valence-corrected chi connectivity index (χ3v) is 6.92. The van der Waals surface area contributed by atoms with Gasteiger partial charge in [0.15, 0.2) is 0 Å². The van der Waals surface area contributed by atoms with Gasteiger partial charge in [-0.15, -0.1) is 0 Å². The van der Waals surface area contributed by atoms with Crippen LogP contribution in [0.15, 0.2) is 72.8 Å². The molecule has 1 saturated heterocycles. The Kier molecular flexibility index (Phi) is 6.38. The lowest BCUT2D eigenvalue weighted by atomic mass is 9.59. The molecular formula is C27H33NO2. The first-order chi connectivity index (χ1) is 14.7. The van der Waals surface area contributed by atoms with Gasteiger partial charge < -0.3 is 10.0 Å². The van der Waals surface area contributed by atoms with E-state index in [2.05, 4.69) is 37.3 Å². The zero-order valence-corrected chi connectivity index (χ0v) is 17.9. The smallest absolute Gasteiger partial charge is 0.238 e. The van der Waals surface area contributed by atoms with E-state index in [-0.39, 0.29) is 17.9 Å². The molecule has 2 aliphatic rings. The van der Waals surface area contributed by atoms with Gasteiger partial charge in [-0.1, -0.05) is 99.0 Å². The Labute approximate surface area is 180 Å². The summed E-state index contributed by atoms with van der Waals surface area (Å²) >= 11 is 0. The summed E-state index contributed by atoms with van der Waals surface area (Å²) in [6.07, 6.45) is 9.86. The van der Waals surface area contributed by atoms with Gasteiger partial charge in [0.1, 0.15) is 5.41 Å². The van der Waals surface area contributed by atoms with E-state index in [0.717, 1.165) is 43.2 Å². The summed E-state index contributed by atoms with van der Waals surface area (Å²) in [6, 6.07) is 20.3. The van der Waals surface area contributed by atoms with Gasteiger partial charge in [0.2, 0.25) is 5.91 Å². The molecule has 1 N–H and O–H groups in total. The van der Waals surface area contributed by atoms with Gasteiger partial charge in [-0.2, -0.15) is 0 Å². The Balaban J connectivity index is 1.74. The Morgan fingerprint density at radius 2 is 1.67 bits per heavy atom. The molecule has 1 heterocycles. The van der Waals surface area contributed by atoms with Gasteiger partial charge in [-0.05, 0) is 36.3 Å². The summed E-state index contributed by atoms with van der Waals surface area (Å²) < 4.78 is 0. The van der Waals surface area contributed by atoms with E-state index < -0.39 is 11.5 Å². The molecule has 3 atom stereocenters. The maximum absolute atomic E-state index is 13.8. The van der Waals surface area contributed by atoms with E-state index in [1.54, 1.807) is 0 Å². The molecule has 30 heavy (non-hydrogen) atoms. The second kappa shape index (κ2) is 9.18. The van der Waals surface area contributed by atoms with Crippen LogP contribution in [0.5, 0.6) is 0 Å². The first kappa shape index (κ1) is 20.9. The van der Waals surface area contributed by atoms with Gasteiger partial charge in [0.05, 0.1) is 12.1 Å². The molecule has 2 aromatic rings. The van der Waals surface area contributed by atoms with Gasteiger partial charge in [-0.3, -0.25) is 4.79 Å². The number of carbonyl (C=O) groups excluding carboxylic acids is 1. The third-order valence-electron chi connectivity index (χ3n) is 6.92. The number of likely N-dealkylation sites (tertiary alicyclic amines) is 1. The first-order valence-electron chi connectivity index (χ1n) is 11.4. The van der Waals surface area contributed by atoms with E-state index in [0.29, 0.717) is 6.54 Å². The molecule has 3 nitrogen and oxygen atoms in total. The van der Waals surface area contributed by atoms with Crippen LogP contribution in [-0.4, -0.2) is 22.0 Å². The Bertz CT molecular complexity index is 857. The van der Waals surface area contributed by atoms with Gasteiger partial charge >= 0.3 is 0 Å². The average Bonchev–Trinajstić information content (AvgIpc) is 2.81. The minimum atomic E-state index is -0.867. The Morgan fingerprint density at radius 1 is 1.03 bits per heavy atom. The maximum atomic E-state index is 13.8. The second-order valence-electron chi connectivity index (χ2n) is 8.82. The van der Waals surface area contributed by atoms with Crippen molar-refractivity contribution in [1.29, 1.82) is 0 Å². The first-order valence-corrected chi connectivity index (χ1v) is 11.4. The van der Waals surface area contributed by atoms with Crippen molar-refractivity contribution in [3.63, 3.8) is 0 Å². The number of β-lactam (4-membered cyclic amide) rings is 1. The lowest BCUT2D eigenvalue weighted by Gasteiger charge is -2.58. The predicted molar refractivity (Wildman–Crippen MR) is 121 cm³/mol.